The zero-order valence-corrected chi connectivity index (χ0v) is 14.6. The Morgan fingerprint density at radius 1 is 1.35 bits per heavy atom. The van der Waals surface area contributed by atoms with E-state index in [1.807, 2.05) is 11.8 Å². The van der Waals surface area contributed by atoms with E-state index in [-0.39, 0.29) is 18.3 Å². The van der Waals surface area contributed by atoms with Crippen LogP contribution < -0.4 is 5.32 Å². The molecule has 1 aromatic heterocycles. The van der Waals surface area contributed by atoms with Gasteiger partial charge in [-0.3, -0.25) is 4.79 Å². The van der Waals surface area contributed by atoms with Crippen molar-refractivity contribution in [1.29, 1.82) is 0 Å². The molecule has 1 aromatic rings. The summed E-state index contributed by atoms with van der Waals surface area (Å²) in [6.07, 6.45) is 6.17. The summed E-state index contributed by atoms with van der Waals surface area (Å²) in [7, 11) is 0. The Morgan fingerprint density at radius 2 is 2.13 bits per heavy atom. The second-order valence-electron chi connectivity index (χ2n) is 6.59. The van der Waals surface area contributed by atoms with Crippen LogP contribution in [0.1, 0.15) is 56.2 Å². The Labute approximate surface area is 143 Å². The van der Waals surface area contributed by atoms with E-state index in [0.717, 1.165) is 45.4 Å². The van der Waals surface area contributed by atoms with Gasteiger partial charge >= 0.3 is 0 Å². The van der Waals surface area contributed by atoms with E-state index in [1.54, 1.807) is 0 Å². The van der Waals surface area contributed by atoms with Crippen LogP contribution in [0.4, 0.5) is 0 Å². The highest BCUT2D eigenvalue weighted by Gasteiger charge is 2.28. The lowest BCUT2D eigenvalue weighted by Gasteiger charge is -2.31. The van der Waals surface area contributed by atoms with Gasteiger partial charge in [0.2, 0.25) is 11.8 Å². The summed E-state index contributed by atoms with van der Waals surface area (Å²) in [5.41, 5.74) is 0. The molecule has 2 aliphatic rings. The first-order chi connectivity index (χ1) is 10.7. The molecule has 130 valence electrons. The van der Waals surface area contributed by atoms with Gasteiger partial charge in [0.05, 0.1) is 5.92 Å². The first-order valence-corrected chi connectivity index (χ1v) is 8.51. The maximum atomic E-state index is 12.5. The van der Waals surface area contributed by atoms with E-state index in [0.29, 0.717) is 30.0 Å². The topological polar surface area (TPSA) is 71.3 Å². The largest absolute Gasteiger partial charge is 0.342 e. The number of carbonyl (C=O) groups excluding carboxylic acids is 1. The Bertz CT molecular complexity index is 502. The molecule has 2 fully saturated rings. The number of aromatic nitrogens is 2. The Hall–Kier alpha value is -1.14. The minimum absolute atomic E-state index is 0. The summed E-state index contributed by atoms with van der Waals surface area (Å²) < 4.78 is 5.28. The predicted molar refractivity (Wildman–Crippen MR) is 89.7 cm³/mol. The molecule has 1 N–H and O–H groups in total. The van der Waals surface area contributed by atoms with E-state index in [2.05, 4.69) is 15.5 Å². The number of piperidine rings is 2. The Morgan fingerprint density at radius 3 is 2.83 bits per heavy atom. The third kappa shape index (κ3) is 4.91. The van der Waals surface area contributed by atoms with Gasteiger partial charge in [0, 0.05) is 19.5 Å². The smallest absolute Gasteiger partial charge is 0.231 e. The molecule has 6 nitrogen and oxygen atoms in total. The molecule has 1 amide bonds. The number of amides is 1. The molecule has 3 heterocycles. The molecule has 3 rings (SSSR count). The number of hydrogen-bond donors (Lipinski definition) is 1. The van der Waals surface area contributed by atoms with Gasteiger partial charge in [0.25, 0.3) is 0 Å². The lowest BCUT2D eigenvalue weighted by atomic mass is 9.92. The minimum atomic E-state index is 0. The molecule has 2 aliphatic heterocycles. The SMILES string of the molecule is Cc1noc(C2CCCN(C(=O)CCC3CCNCC3)C2)n1.Cl. The van der Waals surface area contributed by atoms with E-state index in [9.17, 15) is 4.79 Å². The fourth-order valence-electron chi connectivity index (χ4n) is 3.54. The number of nitrogens with one attached hydrogen (secondary N) is 1. The monoisotopic (exact) mass is 342 g/mol. The van der Waals surface area contributed by atoms with Gasteiger partial charge < -0.3 is 14.7 Å². The lowest BCUT2D eigenvalue weighted by Crippen LogP contribution is -2.39. The second-order valence-corrected chi connectivity index (χ2v) is 6.59. The average Bonchev–Trinajstić information content (AvgIpc) is 3.00. The predicted octanol–water partition coefficient (Wildman–Crippen LogP) is 2.29. The van der Waals surface area contributed by atoms with Crippen LogP contribution in [0.25, 0.3) is 0 Å². The van der Waals surface area contributed by atoms with Gasteiger partial charge in [0.1, 0.15) is 0 Å². The molecule has 0 bridgehead atoms. The Kier molecular flexibility index (Phi) is 6.84. The molecule has 7 heteroatoms. The van der Waals surface area contributed by atoms with Crippen LogP contribution in [0.15, 0.2) is 4.52 Å². The molecule has 23 heavy (non-hydrogen) atoms. The minimum Gasteiger partial charge on any atom is -0.342 e. The van der Waals surface area contributed by atoms with Crippen molar-refractivity contribution in [1.82, 2.24) is 20.4 Å². The summed E-state index contributed by atoms with van der Waals surface area (Å²) in [5.74, 6) is 2.57. The number of likely N-dealkylation sites (tertiary alicyclic amines) is 1. The standard InChI is InChI=1S/C16H26N4O2.ClH/c1-12-18-16(22-19-12)14-3-2-10-20(11-14)15(21)5-4-13-6-8-17-9-7-13;/h13-14,17H,2-11H2,1H3;1H. The van der Waals surface area contributed by atoms with Crippen molar-refractivity contribution < 1.29 is 9.32 Å². The maximum Gasteiger partial charge on any atom is 0.231 e. The van der Waals surface area contributed by atoms with Crippen LogP contribution in [0.5, 0.6) is 0 Å². The highest BCUT2D eigenvalue weighted by molar-refractivity contribution is 5.85. The number of halogens is 1. The van der Waals surface area contributed by atoms with Gasteiger partial charge in [-0.25, -0.2) is 0 Å². The van der Waals surface area contributed by atoms with Crippen molar-refractivity contribution >= 4 is 18.3 Å². The third-order valence-corrected chi connectivity index (χ3v) is 4.89. The molecule has 0 spiro atoms. The first-order valence-electron chi connectivity index (χ1n) is 8.51. The van der Waals surface area contributed by atoms with Crippen LogP contribution in [-0.4, -0.2) is 47.1 Å². The van der Waals surface area contributed by atoms with Gasteiger partial charge in [-0.2, -0.15) is 4.98 Å². The van der Waals surface area contributed by atoms with Gasteiger partial charge in [0.15, 0.2) is 5.82 Å². The maximum absolute atomic E-state index is 12.5. The van der Waals surface area contributed by atoms with Gasteiger partial charge in [-0.05, 0) is 58.0 Å². The van der Waals surface area contributed by atoms with E-state index in [4.69, 9.17) is 4.52 Å². The molecule has 0 saturated carbocycles. The summed E-state index contributed by atoms with van der Waals surface area (Å²) >= 11 is 0. The van der Waals surface area contributed by atoms with E-state index >= 15 is 0 Å². The van der Waals surface area contributed by atoms with Crippen molar-refractivity contribution in [2.24, 2.45) is 5.92 Å². The van der Waals surface area contributed by atoms with Crippen LogP contribution in [0.2, 0.25) is 0 Å². The summed E-state index contributed by atoms with van der Waals surface area (Å²) in [6, 6.07) is 0. The van der Waals surface area contributed by atoms with Gasteiger partial charge in [-0.15, -0.1) is 12.4 Å². The number of aryl methyl sites for hydroxylation is 1. The number of nitrogens with zero attached hydrogens (tertiary/aromatic N) is 3. The van der Waals surface area contributed by atoms with Crippen LogP contribution in [0, 0.1) is 12.8 Å². The summed E-state index contributed by atoms with van der Waals surface area (Å²) in [5, 5.41) is 7.24. The van der Waals surface area contributed by atoms with Crippen LogP contribution >= 0.6 is 12.4 Å². The fourth-order valence-corrected chi connectivity index (χ4v) is 3.54. The number of rotatable bonds is 4. The number of hydrogen-bond acceptors (Lipinski definition) is 5. The molecule has 0 aromatic carbocycles. The molecule has 1 atom stereocenters. The Balaban J connectivity index is 0.00000192. The second kappa shape index (κ2) is 8.64. The molecule has 1 unspecified atom stereocenters. The van der Waals surface area contributed by atoms with Crippen LogP contribution in [0.3, 0.4) is 0 Å². The molecule has 0 radical (unpaired) electrons. The zero-order valence-electron chi connectivity index (χ0n) is 13.8. The third-order valence-electron chi connectivity index (χ3n) is 4.89. The average molecular weight is 343 g/mol. The highest BCUT2D eigenvalue weighted by Crippen LogP contribution is 2.27. The summed E-state index contributed by atoms with van der Waals surface area (Å²) in [4.78, 5) is 18.8. The van der Waals surface area contributed by atoms with E-state index < -0.39 is 0 Å². The normalized spacial score (nSPS) is 22.7. The molecule has 2 saturated heterocycles. The molecular weight excluding hydrogens is 316 g/mol. The number of carbonyl (C=O) groups is 1. The fraction of sp³-hybridized carbons (Fsp3) is 0.812. The van der Waals surface area contributed by atoms with Crippen molar-refractivity contribution in [3.05, 3.63) is 11.7 Å². The van der Waals surface area contributed by atoms with Crippen molar-refractivity contribution in [3.8, 4) is 0 Å². The summed E-state index contributed by atoms with van der Waals surface area (Å²) in [6.45, 7) is 5.63. The highest BCUT2D eigenvalue weighted by atomic mass is 35.5. The molecular formula is C16H27ClN4O2. The van der Waals surface area contributed by atoms with E-state index in [1.165, 1.54) is 12.8 Å². The van der Waals surface area contributed by atoms with Gasteiger partial charge in [-0.1, -0.05) is 5.16 Å². The van der Waals surface area contributed by atoms with Crippen molar-refractivity contribution in [2.45, 2.75) is 51.4 Å². The molecule has 0 aliphatic carbocycles. The van der Waals surface area contributed by atoms with Crippen molar-refractivity contribution in [3.63, 3.8) is 0 Å². The quantitative estimate of drug-likeness (QED) is 0.909. The lowest BCUT2D eigenvalue weighted by molar-refractivity contribution is -0.132. The zero-order chi connectivity index (χ0) is 15.4. The van der Waals surface area contributed by atoms with Crippen molar-refractivity contribution in [2.75, 3.05) is 26.2 Å². The first kappa shape index (κ1) is 18.2. The van der Waals surface area contributed by atoms with Crippen LogP contribution in [-0.2, 0) is 4.79 Å².